The SMILES string of the molecule is O=C(NC(CC=S)C(=O)O)c1ccccc1. The van der Waals surface area contributed by atoms with Crippen LogP contribution in [0.25, 0.3) is 0 Å². The Kier molecular flexibility index (Phi) is 4.60. The number of amides is 1. The zero-order chi connectivity index (χ0) is 12.0. The van der Waals surface area contributed by atoms with Crippen molar-refractivity contribution in [1.82, 2.24) is 5.32 Å². The van der Waals surface area contributed by atoms with E-state index in [1.165, 1.54) is 5.37 Å². The molecule has 84 valence electrons. The number of carbonyl (C=O) groups excluding carboxylic acids is 1. The Hall–Kier alpha value is -1.75. The molecule has 16 heavy (non-hydrogen) atoms. The number of hydrogen-bond donors (Lipinski definition) is 2. The Bertz CT molecular complexity index is 391. The summed E-state index contributed by atoms with van der Waals surface area (Å²) >= 11 is 4.58. The van der Waals surface area contributed by atoms with Crippen LogP contribution in [0, 0.1) is 0 Å². The molecule has 0 bridgehead atoms. The fourth-order valence-corrected chi connectivity index (χ4v) is 1.34. The molecule has 1 unspecified atom stereocenters. The zero-order valence-corrected chi connectivity index (χ0v) is 9.24. The maximum Gasteiger partial charge on any atom is 0.326 e. The molecule has 0 radical (unpaired) electrons. The van der Waals surface area contributed by atoms with Gasteiger partial charge in [-0.1, -0.05) is 30.4 Å². The minimum atomic E-state index is -1.09. The summed E-state index contributed by atoms with van der Waals surface area (Å²) in [6.07, 6.45) is 0.128. The molecule has 1 atom stereocenters. The first-order valence-electron chi connectivity index (χ1n) is 4.67. The molecule has 2 N–H and O–H groups in total. The monoisotopic (exact) mass is 237 g/mol. The third kappa shape index (κ3) is 3.43. The summed E-state index contributed by atoms with van der Waals surface area (Å²) in [5, 5.41) is 12.5. The van der Waals surface area contributed by atoms with Crippen LogP contribution in [0.5, 0.6) is 0 Å². The van der Waals surface area contributed by atoms with Gasteiger partial charge in [0.25, 0.3) is 5.91 Å². The molecule has 1 rings (SSSR count). The Morgan fingerprint density at radius 1 is 1.38 bits per heavy atom. The van der Waals surface area contributed by atoms with Gasteiger partial charge in [-0.2, -0.15) is 0 Å². The van der Waals surface area contributed by atoms with Gasteiger partial charge in [0.2, 0.25) is 0 Å². The number of carboxylic acids is 1. The van der Waals surface area contributed by atoms with Crippen LogP contribution in [0.3, 0.4) is 0 Å². The van der Waals surface area contributed by atoms with Crippen LogP contribution in [0.15, 0.2) is 30.3 Å². The lowest BCUT2D eigenvalue weighted by atomic mass is 10.1. The largest absolute Gasteiger partial charge is 0.480 e. The molecule has 0 aliphatic carbocycles. The van der Waals surface area contributed by atoms with E-state index < -0.39 is 17.9 Å². The zero-order valence-electron chi connectivity index (χ0n) is 8.42. The predicted molar refractivity (Wildman–Crippen MR) is 63.6 cm³/mol. The molecular formula is C11H11NO3S. The van der Waals surface area contributed by atoms with Gasteiger partial charge in [0.15, 0.2) is 0 Å². The minimum Gasteiger partial charge on any atom is -0.480 e. The average molecular weight is 237 g/mol. The van der Waals surface area contributed by atoms with E-state index in [0.29, 0.717) is 5.56 Å². The molecule has 1 aromatic rings. The summed E-state index contributed by atoms with van der Waals surface area (Å²) < 4.78 is 0. The van der Waals surface area contributed by atoms with E-state index >= 15 is 0 Å². The van der Waals surface area contributed by atoms with Gasteiger partial charge in [0.05, 0.1) is 0 Å². The summed E-state index contributed by atoms with van der Waals surface area (Å²) in [4.78, 5) is 22.4. The highest BCUT2D eigenvalue weighted by atomic mass is 32.1. The van der Waals surface area contributed by atoms with Gasteiger partial charge >= 0.3 is 5.97 Å². The Balaban J connectivity index is 2.69. The maximum atomic E-state index is 11.6. The molecule has 0 aromatic heterocycles. The number of aliphatic carboxylic acids is 1. The van der Waals surface area contributed by atoms with Crippen molar-refractivity contribution >= 4 is 29.5 Å². The first kappa shape index (κ1) is 12.3. The molecule has 5 heteroatoms. The molecule has 0 spiro atoms. The Morgan fingerprint density at radius 2 is 2.00 bits per heavy atom. The number of rotatable bonds is 5. The summed E-state index contributed by atoms with van der Waals surface area (Å²) in [7, 11) is 0. The Labute approximate surface area is 98.3 Å². The summed E-state index contributed by atoms with van der Waals surface area (Å²) in [5.74, 6) is -1.50. The van der Waals surface area contributed by atoms with Gasteiger partial charge in [0, 0.05) is 12.0 Å². The van der Waals surface area contributed by atoms with Gasteiger partial charge < -0.3 is 10.4 Å². The van der Waals surface area contributed by atoms with Crippen LogP contribution in [-0.2, 0) is 4.79 Å². The quantitative estimate of drug-likeness (QED) is 0.757. The van der Waals surface area contributed by atoms with Gasteiger partial charge in [-0.15, -0.1) is 0 Å². The van der Waals surface area contributed by atoms with E-state index in [4.69, 9.17) is 5.11 Å². The lowest BCUT2D eigenvalue weighted by molar-refractivity contribution is -0.139. The van der Waals surface area contributed by atoms with E-state index in [-0.39, 0.29) is 6.42 Å². The van der Waals surface area contributed by atoms with Crippen LogP contribution in [-0.4, -0.2) is 28.4 Å². The number of carbonyl (C=O) groups is 2. The van der Waals surface area contributed by atoms with Crippen LogP contribution < -0.4 is 5.32 Å². The first-order valence-corrected chi connectivity index (χ1v) is 5.14. The second-order valence-corrected chi connectivity index (χ2v) is 3.47. The first-order chi connectivity index (χ1) is 7.65. The fourth-order valence-electron chi connectivity index (χ4n) is 1.15. The molecule has 0 heterocycles. The smallest absolute Gasteiger partial charge is 0.326 e. The minimum absolute atomic E-state index is 0.128. The second-order valence-electron chi connectivity index (χ2n) is 3.13. The molecule has 0 fully saturated rings. The van der Waals surface area contributed by atoms with E-state index in [0.717, 1.165) is 0 Å². The van der Waals surface area contributed by atoms with Crippen LogP contribution in [0.1, 0.15) is 16.8 Å². The molecule has 4 nitrogen and oxygen atoms in total. The van der Waals surface area contributed by atoms with Crippen molar-refractivity contribution in [2.75, 3.05) is 0 Å². The summed E-state index contributed by atoms with van der Waals surface area (Å²) in [5.41, 5.74) is 0.429. The fraction of sp³-hybridized carbons (Fsp3) is 0.182. The lowest BCUT2D eigenvalue weighted by Crippen LogP contribution is -2.40. The van der Waals surface area contributed by atoms with Crippen molar-refractivity contribution in [2.45, 2.75) is 12.5 Å². The molecule has 1 aromatic carbocycles. The van der Waals surface area contributed by atoms with Crippen molar-refractivity contribution in [1.29, 1.82) is 0 Å². The number of hydrogen-bond acceptors (Lipinski definition) is 3. The highest BCUT2D eigenvalue weighted by molar-refractivity contribution is 7.78. The van der Waals surface area contributed by atoms with E-state index in [2.05, 4.69) is 17.5 Å². The van der Waals surface area contributed by atoms with Crippen molar-refractivity contribution in [3.8, 4) is 0 Å². The van der Waals surface area contributed by atoms with Gasteiger partial charge in [-0.05, 0) is 17.5 Å². The average Bonchev–Trinajstić information content (AvgIpc) is 2.29. The van der Waals surface area contributed by atoms with Crippen LogP contribution in [0.4, 0.5) is 0 Å². The summed E-state index contributed by atoms with van der Waals surface area (Å²) in [6.45, 7) is 0. The van der Waals surface area contributed by atoms with Crippen LogP contribution >= 0.6 is 12.2 Å². The van der Waals surface area contributed by atoms with Gasteiger partial charge in [0.1, 0.15) is 6.04 Å². The van der Waals surface area contributed by atoms with E-state index in [9.17, 15) is 9.59 Å². The molecule has 1 amide bonds. The molecule has 0 saturated carbocycles. The second kappa shape index (κ2) is 5.97. The topological polar surface area (TPSA) is 66.4 Å². The molecule has 0 aliphatic heterocycles. The van der Waals surface area contributed by atoms with Crippen LogP contribution in [0.2, 0.25) is 0 Å². The molecule has 0 saturated heterocycles. The van der Waals surface area contributed by atoms with Gasteiger partial charge in [-0.25, -0.2) is 4.79 Å². The van der Waals surface area contributed by atoms with Crippen molar-refractivity contribution in [3.05, 3.63) is 35.9 Å². The van der Waals surface area contributed by atoms with E-state index in [1.54, 1.807) is 30.3 Å². The third-order valence-corrected chi connectivity index (χ3v) is 2.16. The number of nitrogens with one attached hydrogen (secondary N) is 1. The van der Waals surface area contributed by atoms with Crippen molar-refractivity contribution < 1.29 is 14.7 Å². The predicted octanol–water partition coefficient (Wildman–Crippen LogP) is 1.26. The third-order valence-electron chi connectivity index (χ3n) is 1.97. The summed E-state index contributed by atoms with van der Waals surface area (Å²) in [6, 6.07) is 7.47. The number of thiocarbonyl (C=S) groups is 1. The maximum absolute atomic E-state index is 11.6. The van der Waals surface area contributed by atoms with Gasteiger partial charge in [-0.3, -0.25) is 4.79 Å². The lowest BCUT2D eigenvalue weighted by Gasteiger charge is -2.11. The highest BCUT2D eigenvalue weighted by Crippen LogP contribution is 2.00. The van der Waals surface area contributed by atoms with Crippen molar-refractivity contribution in [2.24, 2.45) is 0 Å². The molecular weight excluding hydrogens is 226 g/mol. The molecule has 0 aliphatic rings. The number of benzene rings is 1. The van der Waals surface area contributed by atoms with Crippen molar-refractivity contribution in [3.63, 3.8) is 0 Å². The normalized spacial score (nSPS) is 11.5. The van der Waals surface area contributed by atoms with E-state index in [1.807, 2.05) is 0 Å². The highest BCUT2D eigenvalue weighted by Gasteiger charge is 2.18. The Morgan fingerprint density at radius 3 is 2.50 bits per heavy atom. The standard InChI is InChI=1S/C11H11NO3S/c13-10(8-4-2-1-3-5-8)12-9(6-7-16)11(14)15/h1-5,7,9H,6H2,(H,12,13)(H,14,15). The number of carboxylic acid groups (broad SMARTS) is 1.